The molecular formula is C20H33N3O2. The van der Waals surface area contributed by atoms with Crippen molar-refractivity contribution in [1.82, 2.24) is 10.2 Å². The number of rotatable bonds is 8. The SMILES string of the molecule is CCN1CCN(c2ccc(C(=O)NCCCC(C)(C)CO)cc2)CC1. The van der Waals surface area contributed by atoms with Crippen LogP contribution >= 0.6 is 0 Å². The number of aliphatic hydroxyl groups excluding tert-OH is 1. The molecule has 1 heterocycles. The standard InChI is InChI=1S/C20H33N3O2/c1-4-22-12-14-23(15-13-22)18-8-6-17(7-9-18)19(25)21-11-5-10-20(2,3)16-24/h6-9,24H,4-5,10-16H2,1-3H3,(H,21,25). The van der Waals surface area contributed by atoms with E-state index in [-0.39, 0.29) is 17.9 Å². The van der Waals surface area contributed by atoms with Crippen molar-refractivity contribution < 1.29 is 9.90 Å². The summed E-state index contributed by atoms with van der Waals surface area (Å²) in [5.41, 5.74) is 1.82. The summed E-state index contributed by atoms with van der Waals surface area (Å²) in [7, 11) is 0. The Bertz CT molecular complexity index is 534. The van der Waals surface area contributed by atoms with Crippen LogP contribution in [0.3, 0.4) is 0 Å². The minimum absolute atomic E-state index is 0.0239. The summed E-state index contributed by atoms with van der Waals surface area (Å²) >= 11 is 0. The molecule has 140 valence electrons. The van der Waals surface area contributed by atoms with Crippen molar-refractivity contribution in [3.05, 3.63) is 29.8 Å². The topological polar surface area (TPSA) is 55.8 Å². The number of aliphatic hydroxyl groups is 1. The monoisotopic (exact) mass is 347 g/mol. The van der Waals surface area contributed by atoms with Crippen LogP contribution in [-0.4, -0.2) is 61.8 Å². The third kappa shape index (κ3) is 6.01. The highest BCUT2D eigenvalue weighted by molar-refractivity contribution is 5.94. The molecule has 1 aliphatic heterocycles. The molecule has 25 heavy (non-hydrogen) atoms. The maximum Gasteiger partial charge on any atom is 0.251 e. The number of likely N-dealkylation sites (N-methyl/N-ethyl adjacent to an activating group) is 1. The average molecular weight is 348 g/mol. The van der Waals surface area contributed by atoms with E-state index in [9.17, 15) is 9.90 Å². The zero-order valence-electron chi connectivity index (χ0n) is 15.9. The van der Waals surface area contributed by atoms with Crippen molar-refractivity contribution in [1.29, 1.82) is 0 Å². The Labute approximate surface area is 152 Å². The van der Waals surface area contributed by atoms with Crippen LogP contribution in [0.25, 0.3) is 0 Å². The lowest BCUT2D eigenvalue weighted by molar-refractivity contribution is 0.0948. The lowest BCUT2D eigenvalue weighted by Crippen LogP contribution is -2.46. The molecule has 2 rings (SSSR count). The van der Waals surface area contributed by atoms with Gasteiger partial charge in [-0.05, 0) is 49.1 Å². The van der Waals surface area contributed by atoms with Gasteiger partial charge in [-0.25, -0.2) is 0 Å². The number of anilines is 1. The Hall–Kier alpha value is -1.59. The van der Waals surface area contributed by atoms with E-state index in [0.717, 1.165) is 45.6 Å². The number of amides is 1. The molecule has 1 saturated heterocycles. The lowest BCUT2D eigenvalue weighted by atomic mass is 9.89. The van der Waals surface area contributed by atoms with Crippen LogP contribution in [0, 0.1) is 5.41 Å². The quantitative estimate of drug-likeness (QED) is 0.709. The predicted molar refractivity (Wildman–Crippen MR) is 103 cm³/mol. The second-order valence-electron chi connectivity index (χ2n) is 7.65. The van der Waals surface area contributed by atoms with Crippen LogP contribution in [0.1, 0.15) is 44.0 Å². The van der Waals surface area contributed by atoms with Gasteiger partial charge in [0, 0.05) is 50.6 Å². The largest absolute Gasteiger partial charge is 0.396 e. The molecule has 0 atom stereocenters. The van der Waals surface area contributed by atoms with E-state index >= 15 is 0 Å². The first-order chi connectivity index (χ1) is 11.9. The van der Waals surface area contributed by atoms with Gasteiger partial charge >= 0.3 is 0 Å². The molecule has 0 aliphatic carbocycles. The Morgan fingerprint density at radius 2 is 1.80 bits per heavy atom. The van der Waals surface area contributed by atoms with Crippen molar-refractivity contribution in [3.63, 3.8) is 0 Å². The fourth-order valence-corrected chi connectivity index (χ4v) is 3.10. The predicted octanol–water partition coefficient (Wildman–Crippen LogP) is 2.36. The smallest absolute Gasteiger partial charge is 0.251 e. The van der Waals surface area contributed by atoms with Crippen molar-refractivity contribution >= 4 is 11.6 Å². The summed E-state index contributed by atoms with van der Waals surface area (Å²) in [6.45, 7) is 12.5. The highest BCUT2D eigenvalue weighted by atomic mass is 16.3. The summed E-state index contributed by atoms with van der Waals surface area (Å²) in [6.07, 6.45) is 1.77. The van der Waals surface area contributed by atoms with Crippen molar-refractivity contribution in [2.24, 2.45) is 5.41 Å². The first kappa shape index (κ1) is 19.7. The molecule has 0 saturated carbocycles. The number of hydrogen-bond acceptors (Lipinski definition) is 4. The van der Waals surface area contributed by atoms with Gasteiger partial charge in [0.15, 0.2) is 0 Å². The molecule has 1 fully saturated rings. The van der Waals surface area contributed by atoms with Crippen LogP contribution < -0.4 is 10.2 Å². The summed E-state index contributed by atoms with van der Waals surface area (Å²) in [4.78, 5) is 17.1. The van der Waals surface area contributed by atoms with E-state index in [1.165, 1.54) is 5.69 Å². The third-order valence-electron chi connectivity index (χ3n) is 5.06. The van der Waals surface area contributed by atoms with E-state index in [1.807, 2.05) is 38.1 Å². The van der Waals surface area contributed by atoms with Crippen molar-refractivity contribution in [3.8, 4) is 0 Å². The summed E-state index contributed by atoms with van der Waals surface area (Å²) < 4.78 is 0. The van der Waals surface area contributed by atoms with E-state index in [2.05, 4.69) is 22.0 Å². The molecule has 1 aliphatic rings. The Kier molecular flexibility index (Phi) is 7.26. The fourth-order valence-electron chi connectivity index (χ4n) is 3.10. The average Bonchev–Trinajstić information content (AvgIpc) is 2.65. The molecule has 0 aromatic heterocycles. The molecule has 0 spiro atoms. The number of nitrogens with one attached hydrogen (secondary N) is 1. The van der Waals surface area contributed by atoms with Gasteiger partial charge in [-0.3, -0.25) is 4.79 Å². The van der Waals surface area contributed by atoms with Gasteiger partial charge in [0.1, 0.15) is 0 Å². The second-order valence-corrected chi connectivity index (χ2v) is 7.65. The van der Waals surface area contributed by atoms with Gasteiger partial charge in [0.25, 0.3) is 5.91 Å². The Morgan fingerprint density at radius 1 is 1.16 bits per heavy atom. The maximum absolute atomic E-state index is 12.2. The van der Waals surface area contributed by atoms with Gasteiger partial charge < -0.3 is 20.2 Å². The lowest BCUT2D eigenvalue weighted by Gasteiger charge is -2.35. The van der Waals surface area contributed by atoms with Gasteiger partial charge in [-0.1, -0.05) is 20.8 Å². The number of benzene rings is 1. The van der Waals surface area contributed by atoms with Gasteiger partial charge in [-0.15, -0.1) is 0 Å². The molecule has 1 aromatic rings. The molecule has 1 amide bonds. The Balaban J connectivity index is 1.78. The first-order valence-corrected chi connectivity index (χ1v) is 9.41. The number of carbonyl (C=O) groups is 1. The summed E-state index contributed by atoms with van der Waals surface area (Å²) in [5, 5.41) is 12.2. The molecule has 0 radical (unpaired) electrons. The zero-order valence-corrected chi connectivity index (χ0v) is 15.9. The highest BCUT2D eigenvalue weighted by Crippen LogP contribution is 2.20. The highest BCUT2D eigenvalue weighted by Gasteiger charge is 2.17. The van der Waals surface area contributed by atoms with Gasteiger partial charge in [0.05, 0.1) is 0 Å². The van der Waals surface area contributed by atoms with E-state index in [1.54, 1.807) is 0 Å². The number of nitrogens with zero attached hydrogens (tertiary/aromatic N) is 2. The van der Waals surface area contributed by atoms with Crippen molar-refractivity contribution in [2.45, 2.75) is 33.6 Å². The van der Waals surface area contributed by atoms with E-state index in [4.69, 9.17) is 0 Å². The maximum atomic E-state index is 12.2. The van der Waals surface area contributed by atoms with Gasteiger partial charge in [0.2, 0.25) is 0 Å². The second kappa shape index (κ2) is 9.20. The van der Waals surface area contributed by atoms with Crippen LogP contribution in [0.15, 0.2) is 24.3 Å². The van der Waals surface area contributed by atoms with E-state index in [0.29, 0.717) is 12.1 Å². The minimum Gasteiger partial charge on any atom is -0.396 e. The fraction of sp³-hybridized carbons (Fsp3) is 0.650. The van der Waals surface area contributed by atoms with Crippen LogP contribution in [0.2, 0.25) is 0 Å². The Morgan fingerprint density at radius 3 is 2.36 bits per heavy atom. The molecule has 2 N–H and O–H groups in total. The zero-order chi connectivity index (χ0) is 18.3. The molecule has 1 aromatic carbocycles. The van der Waals surface area contributed by atoms with Crippen LogP contribution in [-0.2, 0) is 0 Å². The first-order valence-electron chi connectivity index (χ1n) is 9.41. The molecule has 5 heteroatoms. The molecular weight excluding hydrogens is 314 g/mol. The third-order valence-corrected chi connectivity index (χ3v) is 5.06. The van der Waals surface area contributed by atoms with Crippen LogP contribution in [0.4, 0.5) is 5.69 Å². The van der Waals surface area contributed by atoms with Crippen molar-refractivity contribution in [2.75, 3.05) is 50.8 Å². The number of piperazine rings is 1. The summed E-state index contributed by atoms with van der Waals surface area (Å²) in [6, 6.07) is 7.92. The molecule has 5 nitrogen and oxygen atoms in total. The van der Waals surface area contributed by atoms with E-state index < -0.39 is 0 Å². The molecule has 0 bridgehead atoms. The number of carbonyl (C=O) groups excluding carboxylic acids is 1. The van der Waals surface area contributed by atoms with Crippen LogP contribution in [0.5, 0.6) is 0 Å². The molecule has 0 unspecified atom stereocenters. The summed E-state index contributed by atoms with van der Waals surface area (Å²) in [5.74, 6) is -0.0239. The normalized spacial score (nSPS) is 16.1. The number of hydrogen-bond donors (Lipinski definition) is 2. The minimum atomic E-state index is -0.0752. The van der Waals surface area contributed by atoms with Gasteiger partial charge in [-0.2, -0.15) is 0 Å².